The minimum absolute atomic E-state index is 0.187. The Kier molecular flexibility index (Phi) is 5.98. The van der Waals surface area contributed by atoms with Gasteiger partial charge in [0.15, 0.2) is 12.4 Å². The average molecular weight is 386 g/mol. The lowest BCUT2D eigenvalue weighted by Crippen LogP contribution is -2.43. The van der Waals surface area contributed by atoms with Gasteiger partial charge in [-0.05, 0) is 55.7 Å². The van der Waals surface area contributed by atoms with E-state index in [1.54, 1.807) is 30.3 Å². The van der Waals surface area contributed by atoms with Crippen LogP contribution in [0.15, 0.2) is 41.0 Å². The third-order valence-corrected chi connectivity index (χ3v) is 4.59. The number of nitrogens with zero attached hydrogens (tertiary/aromatic N) is 1. The van der Waals surface area contributed by atoms with Crippen LogP contribution < -0.4 is 10.1 Å². The Balaban J connectivity index is 1.65. The van der Waals surface area contributed by atoms with Crippen molar-refractivity contribution < 1.29 is 28.3 Å². The number of nitrogens with one attached hydrogen (secondary N) is 1. The summed E-state index contributed by atoms with van der Waals surface area (Å²) in [4.78, 5) is 38.0. The van der Waals surface area contributed by atoms with Gasteiger partial charge in [-0.1, -0.05) is 0 Å². The molecule has 1 saturated heterocycles. The lowest BCUT2D eigenvalue weighted by molar-refractivity contribution is -0.142. The van der Waals surface area contributed by atoms with Gasteiger partial charge in [0.2, 0.25) is 5.91 Å². The number of carbonyl (C=O) groups excluding carboxylic acids is 3. The van der Waals surface area contributed by atoms with Crippen molar-refractivity contribution in [3.05, 3.63) is 47.9 Å². The molecule has 28 heavy (non-hydrogen) atoms. The zero-order chi connectivity index (χ0) is 20.1. The Morgan fingerprint density at radius 2 is 2.11 bits per heavy atom. The number of esters is 1. The molecule has 2 aromatic rings. The summed E-state index contributed by atoms with van der Waals surface area (Å²) in [5, 5.41) is 2.87. The van der Waals surface area contributed by atoms with Crippen LogP contribution in [-0.2, 0) is 14.3 Å². The topological polar surface area (TPSA) is 98.1 Å². The van der Waals surface area contributed by atoms with E-state index in [2.05, 4.69) is 10.1 Å². The first kappa shape index (κ1) is 19.5. The zero-order valence-corrected chi connectivity index (χ0v) is 15.8. The molecule has 1 aromatic heterocycles. The maximum Gasteiger partial charge on any atom is 0.343 e. The van der Waals surface area contributed by atoms with Crippen molar-refractivity contribution in [2.45, 2.75) is 25.8 Å². The predicted octanol–water partition coefficient (Wildman–Crippen LogP) is 2.38. The number of benzene rings is 1. The van der Waals surface area contributed by atoms with Gasteiger partial charge in [0.1, 0.15) is 11.8 Å². The van der Waals surface area contributed by atoms with Gasteiger partial charge in [-0.3, -0.25) is 9.59 Å². The molecule has 8 heteroatoms. The SMILES string of the molecule is COC(=O)COc1ccc(NC(=O)C2CCCN2C(=O)c2ccco2)c(C)c1. The molecule has 0 spiro atoms. The molecule has 0 saturated carbocycles. The highest BCUT2D eigenvalue weighted by Gasteiger charge is 2.35. The summed E-state index contributed by atoms with van der Waals surface area (Å²) < 4.78 is 15.0. The van der Waals surface area contributed by atoms with Crippen LogP contribution in [0.4, 0.5) is 5.69 Å². The second kappa shape index (κ2) is 8.60. The fourth-order valence-corrected chi connectivity index (χ4v) is 3.11. The van der Waals surface area contributed by atoms with E-state index < -0.39 is 12.0 Å². The number of furan rings is 1. The van der Waals surface area contributed by atoms with E-state index in [9.17, 15) is 14.4 Å². The third kappa shape index (κ3) is 4.33. The van der Waals surface area contributed by atoms with E-state index in [1.807, 2.05) is 6.92 Å². The minimum atomic E-state index is -0.549. The summed E-state index contributed by atoms with van der Waals surface area (Å²) in [6, 6.07) is 7.77. The Hall–Kier alpha value is -3.29. The number of rotatable bonds is 6. The third-order valence-electron chi connectivity index (χ3n) is 4.59. The first-order chi connectivity index (χ1) is 13.5. The number of anilines is 1. The van der Waals surface area contributed by atoms with Crippen molar-refractivity contribution in [2.75, 3.05) is 25.6 Å². The Labute approximate surface area is 162 Å². The number of aryl methyl sites for hydroxylation is 1. The summed E-state index contributed by atoms with van der Waals surface area (Å²) in [7, 11) is 1.29. The molecule has 1 fully saturated rings. The number of ether oxygens (including phenoxy) is 2. The quantitative estimate of drug-likeness (QED) is 0.766. The number of hydrogen-bond acceptors (Lipinski definition) is 6. The highest BCUT2D eigenvalue weighted by molar-refractivity contribution is 6.00. The Morgan fingerprint density at radius 1 is 1.29 bits per heavy atom. The molecule has 1 unspecified atom stereocenters. The first-order valence-electron chi connectivity index (χ1n) is 8.95. The van der Waals surface area contributed by atoms with Gasteiger partial charge in [0.25, 0.3) is 5.91 Å². The lowest BCUT2D eigenvalue weighted by atomic mass is 10.1. The predicted molar refractivity (Wildman–Crippen MR) is 100 cm³/mol. The van der Waals surface area contributed by atoms with Gasteiger partial charge in [0, 0.05) is 12.2 Å². The number of amides is 2. The molecular formula is C20H22N2O6. The molecule has 2 amide bonds. The molecule has 1 N–H and O–H groups in total. The molecule has 1 aromatic carbocycles. The molecule has 0 bridgehead atoms. The van der Waals surface area contributed by atoms with E-state index in [0.717, 1.165) is 12.0 Å². The Bertz CT molecular complexity index is 862. The lowest BCUT2D eigenvalue weighted by Gasteiger charge is -2.23. The van der Waals surface area contributed by atoms with E-state index in [0.29, 0.717) is 24.4 Å². The summed E-state index contributed by atoms with van der Waals surface area (Å²) in [6.45, 7) is 2.14. The molecule has 1 aliphatic rings. The smallest absolute Gasteiger partial charge is 0.343 e. The van der Waals surface area contributed by atoms with Crippen LogP contribution in [0.2, 0.25) is 0 Å². The van der Waals surface area contributed by atoms with E-state index in [1.165, 1.54) is 18.3 Å². The molecule has 1 aliphatic heterocycles. The van der Waals surface area contributed by atoms with Gasteiger partial charge in [-0.2, -0.15) is 0 Å². The first-order valence-corrected chi connectivity index (χ1v) is 8.95. The van der Waals surface area contributed by atoms with Crippen LogP contribution in [0.25, 0.3) is 0 Å². The molecular weight excluding hydrogens is 364 g/mol. The molecule has 0 aliphatic carbocycles. The zero-order valence-electron chi connectivity index (χ0n) is 15.8. The molecule has 1 atom stereocenters. The van der Waals surface area contributed by atoms with Crippen molar-refractivity contribution in [3.8, 4) is 5.75 Å². The summed E-state index contributed by atoms with van der Waals surface area (Å²) in [5.74, 6) is -0.286. The maximum absolute atomic E-state index is 12.8. The highest BCUT2D eigenvalue weighted by atomic mass is 16.6. The van der Waals surface area contributed by atoms with Crippen molar-refractivity contribution in [3.63, 3.8) is 0 Å². The molecule has 2 heterocycles. The maximum atomic E-state index is 12.8. The molecule has 8 nitrogen and oxygen atoms in total. The van der Waals surface area contributed by atoms with Gasteiger partial charge in [-0.15, -0.1) is 0 Å². The monoisotopic (exact) mass is 386 g/mol. The largest absolute Gasteiger partial charge is 0.482 e. The van der Waals surface area contributed by atoms with Crippen LogP contribution in [0.5, 0.6) is 5.75 Å². The van der Waals surface area contributed by atoms with E-state index in [-0.39, 0.29) is 24.2 Å². The van der Waals surface area contributed by atoms with Gasteiger partial charge >= 0.3 is 5.97 Å². The van der Waals surface area contributed by atoms with Crippen LogP contribution in [-0.4, -0.2) is 49.0 Å². The normalized spacial score (nSPS) is 15.9. The fraction of sp³-hybridized carbons (Fsp3) is 0.350. The average Bonchev–Trinajstić information content (AvgIpc) is 3.39. The second-order valence-electron chi connectivity index (χ2n) is 6.46. The second-order valence-corrected chi connectivity index (χ2v) is 6.46. The van der Waals surface area contributed by atoms with Crippen LogP contribution in [0.3, 0.4) is 0 Å². The molecule has 0 radical (unpaired) electrons. The highest BCUT2D eigenvalue weighted by Crippen LogP contribution is 2.25. The van der Waals surface area contributed by atoms with Crippen LogP contribution in [0, 0.1) is 6.92 Å². The summed E-state index contributed by atoms with van der Waals surface area (Å²) >= 11 is 0. The summed E-state index contributed by atoms with van der Waals surface area (Å²) in [5.41, 5.74) is 1.39. The molecule has 3 rings (SSSR count). The number of hydrogen-bond donors (Lipinski definition) is 1. The molecule has 148 valence electrons. The summed E-state index contributed by atoms with van der Waals surface area (Å²) in [6.07, 6.45) is 2.78. The van der Waals surface area contributed by atoms with Crippen molar-refractivity contribution in [1.29, 1.82) is 0 Å². The van der Waals surface area contributed by atoms with Crippen LogP contribution >= 0.6 is 0 Å². The van der Waals surface area contributed by atoms with Gasteiger partial charge < -0.3 is 24.1 Å². The number of likely N-dealkylation sites (tertiary alicyclic amines) is 1. The van der Waals surface area contributed by atoms with Gasteiger partial charge in [0.05, 0.1) is 13.4 Å². The van der Waals surface area contributed by atoms with Gasteiger partial charge in [-0.25, -0.2) is 4.79 Å². The number of methoxy groups -OCH3 is 1. The Morgan fingerprint density at radius 3 is 2.79 bits per heavy atom. The van der Waals surface area contributed by atoms with E-state index in [4.69, 9.17) is 9.15 Å². The van der Waals surface area contributed by atoms with Crippen LogP contribution in [0.1, 0.15) is 29.0 Å². The van der Waals surface area contributed by atoms with Crippen molar-refractivity contribution in [2.24, 2.45) is 0 Å². The number of carbonyl (C=O) groups is 3. The standard InChI is InChI=1S/C20H22N2O6/c1-13-11-14(28-12-18(23)26-2)7-8-15(13)21-19(24)16-5-3-9-22(16)20(25)17-6-4-10-27-17/h4,6-8,10-11,16H,3,5,9,12H2,1-2H3,(H,21,24). The van der Waals surface area contributed by atoms with Crippen molar-refractivity contribution in [1.82, 2.24) is 4.90 Å². The fourth-order valence-electron chi connectivity index (χ4n) is 3.11. The van der Waals surface area contributed by atoms with E-state index >= 15 is 0 Å². The van der Waals surface area contributed by atoms with Crippen molar-refractivity contribution >= 4 is 23.5 Å². The minimum Gasteiger partial charge on any atom is -0.482 e.